The number of hydrogen-bond acceptors (Lipinski definition) is 2. The molecule has 3 rings (SSSR count). The normalized spacial score (nSPS) is 14.6. The average molecular weight is 364 g/mol. The summed E-state index contributed by atoms with van der Waals surface area (Å²) in [5, 5.41) is 2.90. The van der Waals surface area contributed by atoms with E-state index in [9.17, 15) is 9.59 Å². The van der Waals surface area contributed by atoms with Crippen molar-refractivity contribution in [3.05, 3.63) is 64.7 Å². The zero-order valence-corrected chi connectivity index (χ0v) is 16.4. The number of carbonyl (C=O) groups excluding carboxylic acids is 2. The maximum atomic E-state index is 12.7. The molecule has 0 heterocycles. The first-order chi connectivity index (χ1) is 13.0. The number of amides is 2. The van der Waals surface area contributed by atoms with Crippen LogP contribution in [0.5, 0.6) is 0 Å². The van der Waals surface area contributed by atoms with Gasteiger partial charge in [-0.2, -0.15) is 0 Å². The van der Waals surface area contributed by atoms with Gasteiger partial charge in [0.25, 0.3) is 11.8 Å². The summed E-state index contributed by atoms with van der Waals surface area (Å²) in [6.07, 6.45) is 5.85. The highest BCUT2D eigenvalue weighted by atomic mass is 16.2. The van der Waals surface area contributed by atoms with Gasteiger partial charge in [-0.05, 0) is 74.2 Å². The first-order valence-electron chi connectivity index (χ1n) is 9.71. The lowest BCUT2D eigenvalue weighted by Crippen LogP contribution is -2.38. The van der Waals surface area contributed by atoms with Crippen molar-refractivity contribution in [1.82, 2.24) is 4.90 Å². The Morgan fingerprint density at radius 3 is 2.15 bits per heavy atom. The lowest BCUT2D eigenvalue weighted by Gasteiger charge is -2.31. The van der Waals surface area contributed by atoms with Crippen molar-refractivity contribution >= 4 is 17.5 Å². The number of nitrogens with one attached hydrogen (secondary N) is 1. The number of hydrogen-bond donors (Lipinski definition) is 1. The molecule has 0 saturated heterocycles. The van der Waals surface area contributed by atoms with Crippen LogP contribution < -0.4 is 5.32 Å². The number of rotatable bonds is 4. The van der Waals surface area contributed by atoms with Crippen LogP contribution in [0.15, 0.2) is 42.5 Å². The lowest BCUT2D eigenvalue weighted by atomic mass is 9.94. The van der Waals surface area contributed by atoms with Crippen LogP contribution in [-0.4, -0.2) is 29.8 Å². The third-order valence-electron chi connectivity index (χ3n) is 5.60. The quantitative estimate of drug-likeness (QED) is 0.833. The van der Waals surface area contributed by atoms with Gasteiger partial charge in [-0.25, -0.2) is 0 Å². The Hall–Kier alpha value is -2.62. The zero-order valence-electron chi connectivity index (χ0n) is 16.4. The predicted molar refractivity (Wildman–Crippen MR) is 109 cm³/mol. The first-order valence-corrected chi connectivity index (χ1v) is 9.71. The van der Waals surface area contributed by atoms with Crippen molar-refractivity contribution in [1.29, 1.82) is 0 Å². The summed E-state index contributed by atoms with van der Waals surface area (Å²) < 4.78 is 0. The molecule has 4 nitrogen and oxygen atoms in total. The molecule has 1 N–H and O–H groups in total. The van der Waals surface area contributed by atoms with Crippen LogP contribution in [0.4, 0.5) is 5.69 Å². The van der Waals surface area contributed by atoms with Gasteiger partial charge in [0, 0.05) is 29.9 Å². The van der Waals surface area contributed by atoms with Crippen LogP contribution in [0.25, 0.3) is 0 Å². The van der Waals surface area contributed by atoms with Crippen LogP contribution in [0, 0.1) is 13.8 Å². The molecule has 1 aliphatic rings. The van der Waals surface area contributed by atoms with Gasteiger partial charge in [0.05, 0.1) is 0 Å². The minimum absolute atomic E-state index is 0.0499. The number of nitrogens with zero attached hydrogens (tertiary/aromatic N) is 1. The van der Waals surface area contributed by atoms with Crippen LogP contribution in [-0.2, 0) is 0 Å². The van der Waals surface area contributed by atoms with E-state index < -0.39 is 0 Å². The van der Waals surface area contributed by atoms with Gasteiger partial charge in [-0.3, -0.25) is 9.59 Å². The number of benzene rings is 2. The molecule has 2 amide bonds. The van der Waals surface area contributed by atoms with E-state index in [-0.39, 0.29) is 11.8 Å². The molecule has 0 unspecified atom stereocenters. The van der Waals surface area contributed by atoms with E-state index in [1.165, 1.54) is 19.3 Å². The Bertz CT molecular complexity index is 821. The highest BCUT2D eigenvalue weighted by molar-refractivity contribution is 6.04. The van der Waals surface area contributed by atoms with E-state index in [1.807, 2.05) is 44.0 Å². The van der Waals surface area contributed by atoms with Crippen LogP contribution in [0.1, 0.15) is 63.9 Å². The highest BCUT2D eigenvalue weighted by Crippen LogP contribution is 2.23. The van der Waals surface area contributed by atoms with Crippen molar-refractivity contribution in [2.75, 3.05) is 12.4 Å². The number of aryl methyl sites for hydroxylation is 2. The Morgan fingerprint density at radius 2 is 1.52 bits per heavy atom. The highest BCUT2D eigenvalue weighted by Gasteiger charge is 2.22. The van der Waals surface area contributed by atoms with E-state index in [1.54, 1.807) is 24.3 Å². The topological polar surface area (TPSA) is 49.4 Å². The van der Waals surface area contributed by atoms with Gasteiger partial charge in [-0.15, -0.1) is 0 Å². The zero-order chi connectivity index (χ0) is 19.4. The smallest absolute Gasteiger partial charge is 0.255 e. The van der Waals surface area contributed by atoms with E-state index >= 15 is 0 Å². The SMILES string of the molecule is Cc1ccc(C(=O)Nc2ccc(C(=O)N(C)C3CCCCC3)cc2)cc1C. The van der Waals surface area contributed by atoms with E-state index in [0.29, 0.717) is 22.9 Å². The van der Waals surface area contributed by atoms with Crippen molar-refractivity contribution in [2.24, 2.45) is 0 Å². The van der Waals surface area contributed by atoms with Gasteiger partial charge < -0.3 is 10.2 Å². The summed E-state index contributed by atoms with van der Waals surface area (Å²) in [6.45, 7) is 4.02. The van der Waals surface area contributed by atoms with Crippen LogP contribution >= 0.6 is 0 Å². The summed E-state index contributed by atoms with van der Waals surface area (Å²) in [5.74, 6) is -0.0922. The largest absolute Gasteiger partial charge is 0.339 e. The molecular weight excluding hydrogens is 336 g/mol. The van der Waals surface area contributed by atoms with Crippen LogP contribution in [0.3, 0.4) is 0 Å². The molecule has 1 fully saturated rings. The Morgan fingerprint density at radius 1 is 0.889 bits per heavy atom. The molecule has 0 aromatic heterocycles. The van der Waals surface area contributed by atoms with Crippen molar-refractivity contribution < 1.29 is 9.59 Å². The van der Waals surface area contributed by atoms with Crippen molar-refractivity contribution in [3.8, 4) is 0 Å². The summed E-state index contributed by atoms with van der Waals surface area (Å²) in [7, 11) is 1.90. The molecule has 142 valence electrons. The average Bonchev–Trinajstić information content (AvgIpc) is 2.70. The molecule has 1 aliphatic carbocycles. The van der Waals surface area contributed by atoms with Gasteiger partial charge >= 0.3 is 0 Å². The Labute approximate surface area is 161 Å². The third-order valence-corrected chi connectivity index (χ3v) is 5.60. The predicted octanol–water partition coefficient (Wildman–Crippen LogP) is 4.96. The fourth-order valence-corrected chi connectivity index (χ4v) is 3.62. The summed E-state index contributed by atoms with van der Waals surface area (Å²) in [6, 6.07) is 13.2. The second-order valence-corrected chi connectivity index (χ2v) is 7.54. The molecule has 0 bridgehead atoms. The Balaban J connectivity index is 1.64. The number of carbonyl (C=O) groups is 2. The first kappa shape index (κ1) is 19.2. The summed E-state index contributed by atoms with van der Waals surface area (Å²) >= 11 is 0. The fraction of sp³-hybridized carbons (Fsp3) is 0.391. The van der Waals surface area contributed by atoms with E-state index in [4.69, 9.17) is 0 Å². The molecule has 0 spiro atoms. The molecule has 0 atom stereocenters. The monoisotopic (exact) mass is 364 g/mol. The van der Waals surface area contributed by atoms with Crippen molar-refractivity contribution in [3.63, 3.8) is 0 Å². The van der Waals surface area contributed by atoms with Gasteiger partial charge in [0.1, 0.15) is 0 Å². The fourth-order valence-electron chi connectivity index (χ4n) is 3.62. The molecule has 0 aliphatic heterocycles. The van der Waals surface area contributed by atoms with Gasteiger partial charge in [0.2, 0.25) is 0 Å². The Kier molecular flexibility index (Phi) is 5.94. The van der Waals surface area contributed by atoms with E-state index in [2.05, 4.69) is 5.32 Å². The van der Waals surface area contributed by atoms with Gasteiger partial charge in [-0.1, -0.05) is 25.3 Å². The molecule has 2 aromatic carbocycles. The molecule has 1 saturated carbocycles. The standard InChI is InChI=1S/C23H28N2O2/c1-16-9-10-19(15-17(16)2)22(26)24-20-13-11-18(12-14-20)23(27)25(3)21-7-5-4-6-8-21/h9-15,21H,4-8H2,1-3H3,(H,24,26). The maximum absolute atomic E-state index is 12.7. The van der Waals surface area contributed by atoms with E-state index in [0.717, 1.165) is 24.0 Å². The lowest BCUT2D eigenvalue weighted by molar-refractivity contribution is 0.0696. The minimum Gasteiger partial charge on any atom is -0.339 e. The number of anilines is 1. The summed E-state index contributed by atoms with van der Waals surface area (Å²) in [5.41, 5.74) is 4.24. The van der Waals surface area contributed by atoms with Gasteiger partial charge in [0.15, 0.2) is 0 Å². The summed E-state index contributed by atoms with van der Waals surface area (Å²) in [4.78, 5) is 27.0. The molecular formula is C23H28N2O2. The second kappa shape index (κ2) is 8.38. The maximum Gasteiger partial charge on any atom is 0.255 e. The second-order valence-electron chi connectivity index (χ2n) is 7.54. The molecule has 0 radical (unpaired) electrons. The minimum atomic E-state index is -0.142. The molecule has 2 aromatic rings. The molecule has 27 heavy (non-hydrogen) atoms. The third kappa shape index (κ3) is 4.57. The van der Waals surface area contributed by atoms with Crippen LogP contribution in [0.2, 0.25) is 0 Å². The van der Waals surface area contributed by atoms with Crippen molar-refractivity contribution in [2.45, 2.75) is 52.0 Å². The molecule has 4 heteroatoms.